The summed E-state index contributed by atoms with van der Waals surface area (Å²) >= 11 is 1.53. The van der Waals surface area contributed by atoms with E-state index in [1.165, 1.54) is 11.3 Å². The molecule has 1 unspecified atom stereocenters. The van der Waals surface area contributed by atoms with Crippen molar-refractivity contribution in [2.24, 2.45) is 0 Å². The Bertz CT molecular complexity index is 335. The quantitative estimate of drug-likeness (QED) is 0.724. The van der Waals surface area contributed by atoms with Crippen LogP contribution in [0.3, 0.4) is 0 Å². The Morgan fingerprint density at radius 3 is 2.80 bits per heavy atom. The summed E-state index contributed by atoms with van der Waals surface area (Å²) < 4.78 is 0. The van der Waals surface area contributed by atoms with Crippen LogP contribution in [0.15, 0.2) is 5.38 Å². The van der Waals surface area contributed by atoms with Gasteiger partial charge in [0, 0.05) is 25.4 Å². The zero-order valence-electron chi connectivity index (χ0n) is 9.78. The van der Waals surface area contributed by atoms with Gasteiger partial charge >= 0.3 is 0 Å². The van der Waals surface area contributed by atoms with Crippen LogP contribution in [-0.2, 0) is 0 Å². The fourth-order valence-corrected chi connectivity index (χ4v) is 2.32. The van der Waals surface area contributed by atoms with Crippen molar-refractivity contribution >= 4 is 22.3 Å². The van der Waals surface area contributed by atoms with Gasteiger partial charge in [-0.3, -0.25) is 4.79 Å². The predicted octanol–water partition coefficient (Wildman–Crippen LogP) is 2.97. The second-order valence-electron chi connectivity index (χ2n) is 3.82. The molecule has 1 aromatic rings. The van der Waals surface area contributed by atoms with E-state index in [9.17, 15) is 4.79 Å². The molecule has 0 radical (unpaired) electrons. The standard InChI is InChI=1S/C11H18N2OS/c1-5-6-8(2)13(4)11-12-10(7-15-11)9(3)14/h7-8H,5-6H2,1-4H3. The van der Waals surface area contributed by atoms with E-state index < -0.39 is 0 Å². The van der Waals surface area contributed by atoms with Crippen LogP contribution in [0.4, 0.5) is 5.13 Å². The van der Waals surface area contributed by atoms with E-state index in [1.807, 2.05) is 12.4 Å². The lowest BCUT2D eigenvalue weighted by atomic mass is 10.2. The predicted molar refractivity (Wildman–Crippen MR) is 64.9 cm³/mol. The van der Waals surface area contributed by atoms with Gasteiger partial charge in [0.25, 0.3) is 0 Å². The maximum absolute atomic E-state index is 11.1. The first-order valence-electron chi connectivity index (χ1n) is 5.25. The smallest absolute Gasteiger partial charge is 0.185 e. The van der Waals surface area contributed by atoms with Gasteiger partial charge in [0.1, 0.15) is 5.69 Å². The minimum atomic E-state index is 0.0362. The number of carbonyl (C=O) groups excluding carboxylic acids is 1. The Hall–Kier alpha value is -0.900. The van der Waals surface area contributed by atoms with E-state index >= 15 is 0 Å². The van der Waals surface area contributed by atoms with Gasteiger partial charge < -0.3 is 4.90 Å². The second kappa shape index (κ2) is 5.26. The van der Waals surface area contributed by atoms with E-state index in [1.54, 1.807) is 6.92 Å². The maximum atomic E-state index is 11.1. The monoisotopic (exact) mass is 226 g/mol. The van der Waals surface area contributed by atoms with Gasteiger partial charge in [-0.2, -0.15) is 0 Å². The normalized spacial score (nSPS) is 12.5. The molecule has 0 fully saturated rings. The molecule has 1 heterocycles. The average molecular weight is 226 g/mol. The van der Waals surface area contributed by atoms with E-state index in [0.29, 0.717) is 11.7 Å². The van der Waals surface area contributed by atoms with Crippen molar-refractivity contribution in [3.05, 3.63) is 11.1 Å². The summed E-state index contributed by atoms with van der Waals surface area (Å²) in [6, 6.07) is 0.473. The largest absolute Gasteiger partial charge is 0.348 e. The lowest BCUT2D eigenvalue weighted by molar-refractivity contribution is 0.101. The number of carbonyl (C=O) groups is 1. The fourth-order valence-electron chi connectivity index (χ4n) is 1.39. The molecule has 1 rings (SSSR count). The minimum Gasteiger partial charge on any atom is -0.348 e. The number of rotatable bonds is 5. The van der Waals surface area contributed by atoms with Crippen LogP contribution in [0.5, 0.6) is 0 Å². The molecule has 0 amide bonds. The summed E-state index contributed by atoms with van der Waals surface area (Å²) in [5.74, 6) is 0.0362. The molecule has 1 aromatic heterocycles. The highest BCUT2D eigenvalue weighted by atomic mass is 32.1. The molecule has 0 saturated carbocycles. The first-order chi connectivity index (χ1) is 7.06. The Labute approximate surface area is 95.1 Å². The van der Waals surface area contributed by atoms with Crippen molar-refractivity contribution in [3.8, 4) is 0 Å². The maximum Gasteiger partial charge on any atom is 0.185 e. The van der Waals surface area contributed by atoms with Gasteiger partial charge in [-0.25, -0.2) is 4.98 Å². The number of hydrogen-bond acceptors (Lipinski definition) is 4. The zero-order chi connectivity index (χ0) is 11.4. The highest BCUT2D eigenvalue weighted by molar-refractivity contribution is 7.13. The third-order valence-electron chi connectivity index (χ3n) is 2.52. The second-order valence-corrected chi connectivity index (χ2v) is 4.66. The molecular formula is C11H18N2OS. The molecule has 1 atom stereocenters. The molecule has 0 aliphatic rings. The number of thiazole rings is 1. The van der Waals surface area contributed by atoms with Crippen LogP contribution in [-0.4, -0.2) is 23.9 Å². The number of aromatic nitrogens is 1. The lowest BCUT2D eigenvalue weighted by Crippen LogP contribution is -2.28. The molecule has 3 nitrogen and oxygen atoms in total. The average Bonchev–Trinajstić information content (AvgIpc) is 2.65. The van der Waals surface area contributed by atoms with Crippen molar-refractivity contribution in [3.63, 3.8) is 0 Å². The number of ketones is 1. The van der Waals surface area contributed by atoms with Crippen molar-refractivity contribution in [2.75, 3.05) is 11.9 Å². The van der Waals surface area contributed by atoms with E-state index in [-0.39, 0.29) is 5.78 Å². The Morgan fingerprint density at radius 2 is 2.33 bits per heavy atom. The molecule has 0 aliphatic carbocycles. The van der Waals surface area contributed by atoms with Crippen molar-refractivity contribution in [1.29, 1.82) is 0 Å². The Kier molecular flexibility index (Phi) is 4.27. The summed E-state index contributed by atoms with van der Waals surface area (Å²) in [5, 5.41) is 2.76. The highest BCUT2D eigenvalue weighted by Crippen LogP contribution is 2.22. The van der Waals surface area contributed by atoms with E-state index in [4.69, 9.17) is 0 Å². The van der Waals surface area contributed by atoms with Crippen LogP contribution in [0.2, 0.25) is 0 Å². The molecular weight excluding hydrogens is 208 g/mol. The third kappa shape index (κ3) is 3.02. The fraction of sp³-hybridized carbons (Fsp3) is 0.636. The SMILES string of the molecule is CCCC(C)N(C)c1nc(C(C)=O)cs1. The number of Topliss-reactive ketones (excluding diaryl/α,β-unsaturated/α-hetero) is 1. The van der Waals surface area contributed by atoms with Crippen molar-refractivity contribution in [1.82, 2.24) is 4.98 Å². The van der Waals surface area contributed by atoms with Crippen LogP contribution >= 0.6 is 11.3 Å². The molecule has 15 heavy (non-hydrogen) atoms. The van der Waals surface area contributed by atoms with Crippen LogP contribution in [0.25, 0.3) is 0 Å². The van der Waals surface area contributed by atoms with E-state index in [0.717, 1.165) is 18.0 Å². The van der Waals surface area contributed by atoms with Gasteiger partial charge in [-0.15, -0.1) is 11.3 Å². The summed E-state index contributed by atoms with van der Waals surface area (Å²) in [6.45, 7) is 5.90. The van der Waals surface area contributed by atoms with Crippen LogP contribution in [0, 0.1) is 0 Å². The molecule has 0 aromatic carbocycles. The lowest BCUT2D eigenvalue weighted by Gasteiger charge is -2.23. The van der Waals surface area contributed by atoms with Gasteiger partial charge in [0.15, 0.2) is 10.9 Å². The van der Waals surface area contributed by atoms with Gasteiger partial charge in [0.05, 0.1) is 0 Å². The summed E-state index contributed by atoms with van der Waals surface area (Å²) in [6.07, 6.45) is 2.31. The zero-order valence-corrected chi connectivity index (χ0v) is 10.6. The van der Waals surface area contributed by atoms with Crippen molar-refractivity contribution < 1.29 is 4.79 Å². The van der Waals surface area contributed by atoms with Gasteiger partial charge in [0.2, 0.25) is 0 Å². The van der Waals surface area contributed by atoms with Gasteiger partial charge in [-0.1, -0.05) is 13.3 Å². The van der Waals surface area contributed by atoms with Crippen LogP contribution < -0.4 is 4.90 Å². The summed E-state index contributed by atoms with van der Waals surface area (Å²) in [4.78, 5) is 17.5. The van der Waals surface area contributed by atoms with Crippen LogP contribution in [0.1, 0.15) is 44.1 Å². The molecule has 4 heteroatoms. The molecule has 84 valence electrons. The summed E-state index contributed by atoms with van der Waals surface area (Å²) in [5.41, 5.74) is 0.575. The number of hydrogen-bond donors (Lipinski definition) is 0. The summed E-state index contributed by atoms with van der Waals surface area (Å²) in [7, 11) is 2.03. The molecule has 0 N–H and O–H groups in total. The molecule has 0 saturated heterocycles. The molecule has 0 aliphatic heterocycles. The molecule has 0 bridgehead atoms. The Morgan fingerprint density at radius 1 is 1.67 bits per heavy atom. The highest BCUT2D eigenvalue weighted by Gasteiger charge is 2.13. The van der Waals surface area contributed by atoms with Gasteiger partial charge in [-0.05, 0) is 13.3 Å². The van der Waals surface area contributed by atoms with E-state index in [2.05, 4.69) is 23.7 Å². The first kappa shape index (κ1) is 12.2. The van der Waals surface area contributed by atoms with Crippen molar-refractivity contribution in [2.45, 2.75) is 39.7 Å². The number of anilines is 1. The molecule has 0 spiro atoms. The third-order valence-corrected chi connectivity index (χ3v) is 3.45. The minimum absolute atomic E-state index is 0.0362. The number of nitrogens with zero attached hydrogens (tertiary/aromatic N) is 2. The first-order valence-corrected chi connectivity index (χ1v) is 6.13. The Balaban J connectivity index is 2.73. The topological polar surface area (TPSA) is 33.2 Å².